The Morgan fingerprint density at radius 3 is 2.67 bits per heavy atom. The number of nitrogens with two attached hydrogens (primary N) is 1. The van der Waals surface area contributed by atoms with Crippen LogP contribution in [0, 0.1) is 0 Å². The lowest BCUT2D eigenvalue weighted by atomic mass is 10.0. The number of ketones is 1. The van der Waals surface area contributed by atoms with Gasteiger partial charge in [-0.3, -0.25) is 4.79 Å². The molecule has 1 aliphatic heterocycles. The van der Waals surface area contributed by atoms with E-state index < -0.39 is 0 Å². The number of carbonyl (C=O) groups excluding carboxylic acids is 1. The number of nitrogen functional groups attached to an aromatic ring is 1. The molecule has 1 fully saturated rings. The summed E-state index contributed by atoms with van der Waals surface area (Å²) in [6.07, 6.45) is 2.05. The van der Waals surface area contributed by atoms with E-state index in [0.717, 1.165) is 31.7 Å². The molecule has 2 rings (SSSR count). The highest BCUT2D eigenvalue weighted by atomic mass is 16.5. The molecule has 0 atom stereocenters. The molecule has 0 spiro atoms. The van der Waals surface area contributed by atoms with Gasteiger partial charge >= 0.3 is 0 Å². The van der Waals surface area contributed by atoms with Crippen molar-refractivity contribution in [2.24, 2.45) is 0 Å². The fraction of sp³-hybridized carbons (Fsp3) is 0.500. The van der Waals surface area contributed by atoms with Crippen LogP contribution in [0.5, 0.6) is 0 Å². The molecule has 0 aliphatic carbocycles. The van der Waals surface area contributed by atoms with Crippen molar-refractivity contribution in [3.8, 4) is 0 Å². The molecule has 18 heavy (non-hydrogen) atoms. The van der Waals surface area contributed by atoms with Crippen LogP contribution >= 0.6 is 0 Å². The van der Waals surface area contributed by atoms with Crippen molar-refractivity contribution in [1.29, 1.82) is 0 Å². The van der Waals surface area contributed by atoms with Crippen LogP contribution in [-0.4, -0.2) is 32.1 Å². The van der Waals surface area contributed by atoms with Crippen LogP contribution < -0.4 is 10.6 Å². The Labute approximate surface area is 108 Å². The highest BCUT2D eigenvalue weighted by Gasteiger charge is 2.19. The van der Waals surface area contributed by atoms with Crippen molar-refractivity contribution in [2.75, 3.05) is 30.9 Å². The number of hydrogen-bond acceptors (Lipinski definition) is 4. The first-order valence-electron chi connectivity index (χ1n) is 6.30. The smallest absolute Gasteiger partial charge is 0.161 e. The highest BCUT2D eigenvalue weighted by molar-refractivity contribution is 6.00. The SMILES string of the molecule is CC(=O)c1cc(N(C)C2CCOCC2)ccc1N. The van der Waals surface area contributed by atoms with Crippen LogP contribution in [0.1, 0.15) is 30.1 Å². The summed E-state index contributed by atoms with van der Waals surface area (Å²) in [5.74, 6) is 0.00901. The van der Waals surface area contributed by atoms with E-state index in [1.165, 1.54) is 0 Å². The second kappa shape index (κ2) is 5.40. The summed E-state index contributed by atoms with van der Waals surface area (Å²) in [6, 6.07) is 6.13. The van der Waals surface area contributed by atoms with Crippen molar-refractivity contribution in [3.05, 3.63) is 23.8 Å². The molecule has 4 nitrogen and oxygen atoms in total. The summed E-state index contributed by atoms with van der Waals surface area (Å²) in [5.41, 5.74) is 8.00. The van der Waals surface area contributed by atoms with Gasteiger partial charge in [0.1, 0.15) is 0 Å². The number of benzene rings is 1. The standard InChI is InChI=1S/C14H20N2O2/c1-10(17)13-9-12(3-4-14(13)15)16(2)11-5-7-18-8-6-11/h3-4,9,11H,5-8,15H2,1-2H3. The first kappa shape index (κ1) is 12.9. The normalized spacial score (nSPS) is 16.6. The van der Waals surface area contributed by atoms with Gasteiger partial charge in [0.2, 0.25) is 0 Å². The van der Waals surface area contributed by atoms with E-state index in [4.69, 9.17) is 10.5 Å². The quantitative estimate of drug-likeness (QED) is 0.657. The summed E-state index contributed by atoms with van der Waals surface area (Å²) in [7, 11) is 2.06. The molecule has 1 aromatic rings. The predicted octanol–water partition coefficient (Wildman–Crippen LogP) is 2.09. The Bertz CT molecular complexity index is 439. The van der Waals surface area contributed by atoms with Crippen LogP contribution in [0.4, 0.5) is 11.4 Å². The number of Topliss-reactive ketones (excluding diaryl/α,β-unsaturated/α-hetero) is 1. The van der Waals surface area contributed by atoms with Gasteiger partial charge in [-0.25, -0.2) is 0 Å². The average Bonchev–Trinajstić information content (AvgIpc) is 2.39. The van der Waals surface area contributed by atoms with Crippen LogP contribution in [0.2, 0.25) is 0 Å². The number of rotatable bonds is 3. The minimum absolute atomic E-state index is 0.00901. The molecule has 0 saturated carbocycles. The minimum Gasteiger partial charge on any atom is -0.398 e. The Morgan fingerprint density at radius 2 is 2.06 bits per heavy atom. The van der Waals surface area contributed by atoms with E-state index in [0.29, 0.717) is 17.3 Å². The van der Waals surface area contributed by atoms with Gasteiger partial charge in [-0.1, -0.05) is 0 Å². The van der Waals surface area contributed by atoms with Crippen LogP contribution in [-0.2, 0) is 4.74 Å². The third kappa shape index (κ3) is 2.64. The Hall–Kier alpha value is -1.55. The van der Waals surface area contributed by atoms with Gasteiger partial charge in [-0.15, -0.1) is 0 Å². The third-order valence-corrected chi connectivity index (χ3v) is 3.56. The molecular weight excluding hydrogens is 228 g/mol. The van der Waals surface area contributed by atoms with E-state index in [2.05, 4.69) is 11.9 Å². The molecule has 0 aromatic heterocycles. The fourth-order valence-electron chi connectivity index (χ4n) is 2.35. The molecule has 0 radical (unpaired) electrons. The number of nitrogens with zero attached hydrogens (tertiary/aromatic N) is 1. The van der Waals surface area contributed by atoms with E-state index >= 15 is 0 Å². The summed E-state index contributed by atoms with van der Waals surface area (Å²) < 4.78 is 5.37. The monoisotopic (exact) mass is 248 g/mol. The van der Waals surface area contributed by atoms with Crippen molar-refractivity contribution in [2.45, 2.75) is 25.8 Å². The van der Waals surface area contributed by atoms with Crippen molar-refractivity contribution < 1.29 is 9.53 Å². The first-order valence-corrected chi connectivity index (χ1v) is 6.30. The van der Waals surface area contributed by atoms with Gasteiger partial charge in [0.05, 0.1) is 0 Å². The van der Waals surface area contributed by atoms with Crippen LogP contribution in [0.25, 0.3) is 0 Å². The third-order valence-electron chi connectivity index (χ3n) is 3.56. The Morgan fingerprint density at radius 1 is 1.39 bits per heavy atom. The van der Waals surface area contributed by atoms with Crippen molar-refractivity contribution in [1.82, 2.24) is 0 Å². The van der Waals surface area contributed by atoms with Gasteiger partial charge in [0, 0.05) is 43.2 Å². The summed E-state index contributed by atoms with van der Waals surface area (Å²) >= 11 is 0. The maximum absolute atomic E-state index is 11.5. The molecule has 0 unspecified atom stereocenters. The van der Waals surface area contributed by atoms with E-state index in [1.807, 2.05) is 18.2 Å². The van der Waals surface area contributed by atoms with Gasteiger partial charge in [-0.2, -0.15) is 0 Å². The Balaban J connectivity index is 2.21. The van der Waals surface area contributed by atoms with Crippen LogP contribution in [0.15, 0.2) is 18.2 Å². The highest BCUT2D eigenvalue weighted by Crippen LogP contribution is 2.25. The minimum atomic E-state index is 0.00901. The fourth-order valence-corrected chi connectivity index (χ4v) is 2.35. The molecule has 98 valence electrons. The second-order valence-corrected chi connectivity index (χ2v) is 4.78. The summed E-state index contributed by atoms with van der Waals surface area (Å²) in [6.45, 7) is 3.16. The van der Waals surface area contributed by atoms with Crippen LogP contribution in [0.3, 0.4) is 0 Å². The molecule has 1 aliphatic rings. The van der Waals surface area contributed by atoms with Gasteiger partial charge in [0.25, 0.3) is 0 Å². The van der Waals surface area contributed by atoms with Crippen molar-refractivity contribution >= 4 is 17.2 Å². The predicted molar refractivity (Wildman–Crippen MR) is 73.1 cm³/mol. The zero-order valence-corrected chi connectivity index (χ0v) is 11.0. The maximum Gasteiger partial charge on any atom is 0.161 e. The Kier molecular flexibility index (Phi) is 3.87. The summed E-state index contributed by atoms with van der Waals surface area (Å²) in [4.78, 5) is 13.7. The van der Waals surface area contributed by atoms with Crippen molar-refractivity contribution in [3.63, 3.8) is 0 Å². The van der Waals surface area contributed by atoms with E-state index in [9.17, 15) is 4.79 Å². The van der Waals surface area contributed by atoms with E-state index in [1.54, 1.807) is 6.92 Å². The lowest BCUT2D eigenvalue weighted by Gasteiger charge is -2.33. The van der Waals surface area contributed by atoms with Gasteiger partial charge < -0.3 is 15.4 Å². The van der Waals surface area contributed by atoms with Gasteiger partial charge in [0.15, 0.2) is 5.78 Å². The second-order valence-electron chi connectivity index (χ2n) is 4.78. The largest absolute Gasteiger partial charge is 0.398 e. The van der Waals surface area contributed by atoms with E-state index in [-0.39, 0.29) is 5.78 Å². The molecule has 0 amide bonds. The molecule has 2 N–H and O–H groups in total. The lowest BCUT2D eigenvalue weighted by Crippen LogP contribution is -2.36. The van der Waals surface area contributed by atoms with Gasteiger partial charge in [-0.05, 0) is 38.0 Å². The summed E-state index contributed by atoms with van der Waals surface area (Å²) in [5, 5.41) is 0. The molecule has 4 heteroatoms. The molecular formula is C14H20N2O2. The molecule has 1 saturated heterocycles. The zero-order chi connectivity index (χ0) is 13.1. The number of ether oxygens (including phenoxy) is 1. The number of anilines is 2. The maximum atomic E-state index is 11.5. The average molecular weight is 248 g/mol. The topological polar surface area (TPSA) is 55.6 Å². The molecule has 1 heterocycles. The first-order chi connectivity index (χ1) is 8.59. The zero-order valence-electron chi connectivity index (χ0n) is 11.0. The molecule has 0 bridgehead atoms. The number of carbonyl (C=O) groups is 1. The molecule has 1 aromatic carbocycles. The number of hydrogen-bond donors (Lipinski definition) is 1. The lowest BCUT2D eigenvalue weighted by molar-refractivity contribution is 0.0854.